The summed E-state index contributed by atoms with van der Waals surface area (Å²) in [5.74, 6) is -2.49. The molecule has 2 atom stereocenters. The van der Waals surface area contributed by atoms with Crippen molar-refractivity contribution < 1.29 is 33.4 Å². The first-order chi connectivity index (χ1) is 18.0. The Morgan fingerprint density at radius 3 is 2.74 bits per heavy atom. The van der Waals surface area contributed by atoms with Crippen molar-refractivity contribution in [1.82, 2.24) is 20.5 Å². The summed E-state index contributed by atoms with van der Waals surface area (Å²) in [6, 6.07) is 6.12. The molecule has 38 heavy (non-hydrogen) atoms. The molecule has 4 N–H and O–H groups in total. The van der Waals surface area contributed by atoms with Crippen molar-refractivity contribution in [2.45, 2.75) is 44.5 Å². The Morgan fingerprint density at radius 1 is 1.26 bits per heavy atom. The van der Waals surface area contributed by atoms with Crippen LogP contribution in [0.1, 0.15) is 53.8 Å². The number of amides is 5. The summed E-state index contributed by atoms with van der Waals surface area (Å²) in [4.78, 5) is 55.1. The number of aliphatic hydroxyl groups excluding tert-OH is 1. The van der Waals surface area contributed by atoms with E-state index in [0.717, 1.165) is 15.1 Å². The lowest BCUT2D eigenvalue weighted by molar-refractivity contribution is -0.139. The normalized spacial score (nSPS) is 19.4. The number of benzene rings is 2. The second kappa shape index (κ2) is 9.33. The quantitative estimate of drug-likeness (QED) is 0.363. The van der Waals surface area contributed by atoms with Crippen molar-refractivity contribution in [3.8, 4) is 5.75 Å². The predicted octanol–water partition coefficient (Wildman–Crippen LogP) is 2.75. The van der Waals surface area contributed by atoms with Gasteiger partial charge in [0.25, 0.3) is 5.91 Å². The molecule has 2 aliphatic heterocycles. The number of urea groups is 1. The molecule has 2 unspecified atom stereocenters. The highest BCUT2D eigenvalue weighted by Crippen LogP contribution is 2.39. The largest absolute Gasteiger partial charge is 0.497 e. The fraction of sp³-hybridized carbons (Fsp3) is 0.320. The van der Waals surface area contributed by atoms with Crippen molar-refractivity contribution in [1.29, 1.82) is 0 Å². The first kappa shape index (κ1) is 25.5. The SMILES string of the molecule is COc1ccc2nc(C(C)(C)NC(=O)Nc3ccc4c(c3F)C(=O)N(C3CCC(=O)NC3=O)C4O)sc2c1. The Labute approximate surface area is 220 Å². The molecular formula is C25H24FN5O6S. The number of carbonyl (C=O) groups is 4. The Bertz CT molecular complexity index is 1500. The second-order valence-corrected chi connectivity index (χ2v) is 10.5. The number of rotatable bonds is 5. The van der Waals surface area contributed by atoms with E-state index in [1.165, 1.54) is 23.5 Å². The van der Waals surface area contributed by atoms with E-state index < -0.39 is 52.9 Å². The zero-order chi connectivity index (χ0) is 27.4. The Kier molecular flexibility index (Phi) is 6.27. The predicted molar refractivity (Wildman–Crippen MR) is 135 cm³/mol. The molecule has 3 aromatic rings. The van der Waals surface area contributed by atoms with Crippen LogP contribution in [0.2, 0.25) is 0 Å². The van der Waals surface area contributed by atoms with Gasteiger partial charge in [-0.2, -0.15) is 0 Å². The Balaban J connectivity index is 1.34. The molecule has 198 valence electrons. The standard InChI is InChI=1S/C25H24FN5O6S/c1-25(2,23-27-13-6-4-11(37-3)10-16(13)38-23)30-24(36)28-14-7-5-12-18(19(14)26)22(35)31(21(12)34)15-8-9-17(32)29-20(15)33/h4-7,10,15,21,34H,8-9H2,1-3H3,(H2,28,30,36)(H,29,32,33). The summed E-state index contributed by atoms with van der Waals surface area (Å²) in [5.41, 5.74) is -0.948. The van der Waals surface area contributed by atoms with Crippen LogP contribution < -0.4 is 20.7 Å². The van der Waals surface area contributed by atoms with E-state index >= 15 is 4.39 Å². The van der Waals surface area contributed by atoms with Gasteiger partial charge in [-0.1, -0.05) is 6.07 Å². The number of carbonyl (C=O) groups excluding carboxylic acids is 4. The molecule has 2 aliphatic rings. The van der Waals surface area contributed by atoms with Gasteiger partial charge < -0.3 is 20.5 Å². The maximum atomic E-state index is 15.4. The topological polar surface area (TPSA) is 150 Å². The van der Waals surface area contributed by atoms with Gasteiger partial charge in [-0.05, 0) is 44.5 Å². The van der Waals surface area contributed by atoms with Gasteiger partial charge in [0.15, 0.2) is 12.0 Å². The summed E-state index contributed by atoms with van der Waals surface area (Å²) in [6.45, 7) is 3.50. The van der Waals surface area contributed by atoms with Gasteiger partial charge in [0, 0.05) is 12.0 Å². The molecule has 3 heterocycles. The average molecular weight is 542 g/mol. The third-order valence-corrected chi connectivity index (χ3v) is 7.86. The van der Waals surface area contributed by atoms with Gasteiger partial charge in [0.2, 0.25) is 11.8 Å². The molecule has 0 spiro atoms. The van der Waals surface area contributed by atoms with Gasteiger partial charge in [0.05, 0.1) is 34.1 Å². The molecule has 11 nitrogen and oxygen atoms in total. The Morgan fingerprint density at radius 2 is 2.03 bits per heavy atom. The maximum absolute atomic E-state index is 15.4. The maximum Gasteiger partial charge on any atom is 0.320 e. The lowest BCUT2D eigenvalue weighted by Crippen LogP contribution is -2.53. The number of aromatic nitrogens is 1. The minimum Gasteiger partial charge on any atom is -0.497 e. The van der Waals surface area contributed by atoms with Gasteiger partial charge in [-0.25, -0.2) is 14.2 Å². The molecule has 1 fully saturated rings. The number of thiazole rings is 1. The van der Waals surface area contributed by atoms with Crippen molar-refractivity contribution in [2.24, 2.45) is 0 Å². The summed E-state index contributed by atoms with van der Waals surface area (Å²) in [5, 5.41) is 18.6. The number of nitrogens with zero attached hydrogens (tertiary/aromatic N) is 2. The molecule has 5 amide bonds. The van der Waals surface area contributed by atoms with Gasteiger partial charge in [-0.15, -0.1) is 11.3 Å². The van der Waals surface area contributed by atoms with E-state index in [0.29, 0.717) is 10.8 Å². The molecule has 0 radical (unpaired) electrons. The van der Waals surface area contributed by atoms with E-state index in [-0.39, 0.29) is 24.1 Å². The van der Waals surface area contributed by atoms with Crippen LogP contribution in [-0.4, -0.2) is 51.9 Å². The van der Waals surface area contributed by atoms with Gasteiger partial charge >= 0.3 is 6.03 Å². The molecule has 0 bridgehead atoms. The van der Waals surface area contributed by atoms with Crippen molar-refractivity contribution in [3.63, 3.8) is 0 Å². The first-order valence-electron chi connectivity index (χ1n) is 11.7. The van der Waals surface area contributed by atoms with Crippen LogP contribution in [0.5, 0.6) is 5.75 Å². The molecule has 1 aromatic heterocycles. The molecule has 5 rings (SSSR count). The van der Waals surface area contributed by atoms with Crippen LogP contribution >= 0.6 is 11.3 Å². The summed E-state index contributed by atoms with van der Waals surface area (Å²) >= 11 is 1.38. The highest BCUT2D eigenvalue weighted by molar-refractivity contribution is 7.18. The third kappa shape index (κ3) is 4.33. The number of ether oxygens (including phenoxy) is 1. The number of anilines is 1. The second-order valence-electron chi connectivity index (χ2n) is 9.50. The van der Waals surface area contributed by atoms with Crippen LogP contribution in [0.3, 0.4) is 0 Å². The fourth-order valence-corrected chi connectivity index (χ4v) is 5.61. The number of nitrogens with one attached hydrogen (secondary N) is 3. The minimum absolute atomic E-state index is 0.00418. The molecule has 13 heteroatoms. The lowest BCUT2D eigenvalue weighted by Gasteiger charge is -2.31. The number of aliphatic hydroxyl groups is 1. The smallest absolute Gasteiger partial charge is 0.320 e. The average Bonchev–Trinajstić information content (AvgIpc) is 3.40. The first-order valence-corrected chi connectivity index (χ1v) is 12.5. The van der Waals surface area contributed by atoms with Crippen LogP contribution in [0, 0.1) is 5.82 Å². The van der Waals surface area contributed by atoms with Crippen LogP contribution in [-0.2, 0) is 15.1 Å². The van der Waals surface area contributed by atoms with Gasteiger partial charge in [-0.3, -0.25) is 24.6 Å². The van der Waals surface area contributed by atoms with Crippen molar-refractivity contribution >= 4 is 51.0 Å². The zero-order valence-electron chi connectivity index (χ0n) is 20.6. The molecule has 1 saturated heterocycles. The zero-order valence-corrected chi connectivity index (χ0v) is 21.4. The van der Waals surface area contributed by atoms with E-state index in [1.54, 1.807) is 27.0 Å². The van der Waals surface area contributed by atoms with Crippen LogP contribution in [0.25, 0.3) is 10.2 Å². The number of methoxy groups -OCH3 is 1. The van der Waals surface area contributed by atoms with E-state index in [4.69, 9.17) is 4.74 Å². The monoisotopic (exact) mass is 541 g/mol. The number of imide groups is 1. The lowest BCUT2D eigenvalue weighted by atomic mass is 10.0. The highest BCUT2D eigenvalue weighted by Gasteiger charge is 2.46. The van der Waals surface area contributed by atoms with E-state index in [1.807, 2.05) is 12.1 Å². The molecule has 0 aliphatic carbocycles. The van der Waals surface area contributed by atoms with E-state index in [2.05, 4.69) is 20.9 Å². The summed E-state index contributed by atoms with van der Waals surface area (Å²) in [6.07, 6.45) is -1.59. The summed E-state index contributed by atoms with van der Waals surface area (Å²) < 4.78 is 21.6. The van der Waals surface area contributed by atoms with Gasteiger partial charge in [0.1, 0.15) is 16.8 Å². The molecule has 2 aromatic carbocycles. The minimum atomic E-state index is -1.57. The highest BCUT2D eigenvalue weighted by atomic mass is 32.1. The number of fused-ring (bicyclic) bond motifs is 2. The van der Waals surface area contributed by atoms with Crippen LogP contribution in [0.4, 0.5) is 14.9 Å². The third-order valence-electron chi connectivity index (χ3n) is 6.51. The summed E-state index contributed by atoms with van der Waals surface area (Å²) in [7, 11) is 1.57. The molecule has 0 saturated carbocycles. The Hall–Kier alpha value is -4.10. The van der Waals surface area contributed by atoms with E-state index in [9.17, 15) is 24.3 Å². The van der Waals surface area contributed by atoms with Crippen molar-refractivity contribution in [2.75, 3.05) is 12.4 Å². The van der Waals surface area contributed by atoms with Crippen LogP contribution in [0.15, 0.2) is 30.3 Å². The number of piperidine rings is 1. The number of hydrogen-bond donors (Lipinski definition) is 4. The number of hydrogen-bond acceptors (Lipinski definition) is 8. The number of halogens is 1. The fourth-order valence-electron chi connectivity index (χ4n) is 4.56. The molecular weight excluding hydrogens is 517 g/mol. The van der Waals surface area contributed by atoms with Crippen molar-refractivity contribution in [3.05, 3.63) is 52.3 Å².